The summed E-state index contributed by atoms with van der Waals surface area (Å²) in [5, 5.41) is 12.3. The number of ether oxygens (including phenoxy) is 4. The van der Waals surface area contributed by atoms with Gasteiger partial charge in [0.1, 0.15) is 43.0 Å². The number of para-hydroxylation sites is 1. The first-order valence-electron chi connectivity index (χ1n) is 10.3. The third kappa shape index (κ3) is 5.43. The second kappa shape index (κ2) is 10.2. The van der Waals surface area contributed by atoms with E-state index >= 15 is 0 Å². The Morgan fingerprint density at radius 1 is 1.06 bits per heavy atom. The van der Waals surface area contributed by atoms with Gasteiger partial charge in [-0.1, -0.05) is 24.3 Å². The Morgan fingerprint density at radius 3 is 2.61 bits per heavy atom. The molecule has 0 bridgehead atoms. The van der Waals surface area contributed by atoms with Crippen LogP contribution in [0.1, 0.15) is 11.1 Å². The summed E-state index contributed by atoms with van der Waals surface area (Å²) in [6, 6.07) is 21.9. The van der Waals surface area contributed by atoms with Gasteiger partial charge in [0.05, 0.1) is 7.11 Å². The minimum atomic E-state index is -0.521. The number of hydrogen-bond acceptors (Lipinski definition) is 6. The van der Waals surface area contributed by atoms with Gasteiger partial charge in [0.15, 0.2) is 11.5 Å². The summed E-state index contributed by atoms with van der Waals surface area (Å²) >= 11 is 0. The summed E-state index contributed by atoms with van der Waals surface area (Å²) in [6.45, 7) is 1.21. The maximum atomic E-state index is 12.7. The molecule has 4 rings (SSSR count). The van der Waals surface area contributed by atoms with Gasteiger partial charge in [0.25, 0.3) is 5.91 Å². The Morgan fingerprint density at radius 2 is 1.85 bits per heavy atom. The third-order valence-corrected chi connectivity index (χ3v) is 4.92. The molecule has 0 saturated carbocycles. The van der Waals surface area contributed by atoms with Gasteiger partial charge in [0, 0.05) is 17.3 Å². The van der Waals surface area contributed by atoms with Crippen LogP contribution in [0.2, 0.25) is 0 Å². The van der Waals surface area contributed by atoms with E-state index in [9.17, 15) is 10.1 Å². The normalized spacial score (nSPS) is 12.4. The highest BCUT2D eigenvalue weighted by molar-refractivity contribution is 6.09. The molecule has 1 heterocycles. The first-order chi connectivity index (χ1) is 16.2. The summed E-state index contributed by atoms with van der Waals surface area (Å²) in [7, 11) is 1.58. The third-order valence-electron chi connectivity index (χ3n) is 4.92. The lowest BCUT2D eigenvalue weighted by Crippen LogP contribution is -2.17. The van der Waals surface area contributed by atoms with Crippen molar-refractivity contribution in [3.8, 4) is 29.1 Å². The number of nitriles is 1. The van der Waals surface area contributed by atoms with E-state index in [1.54, 1.807) is 37.4 Å². The summed E-state index contributed by atoms with van der Waals surface area (Å²) in [5.41, 5.74) is 1.94. The zero-order valence-corrected chi connectivity index (χ0v) is 18.0. The van der Waals surface area contributed by atoms with Gasteiger partial charge in [0.2, 0.25) is 0 Å². The topological polar surface area (TPSA) is 89.8 Å². The van der Waals surface area contributed by atoms with Crippen LogP contribution in [0.5, 0.6) is 23.0 Å². The lowest BCUT2D eigenvalue weighted by atomic mass is 10.1. The summed E-state index contributed by atoms with van der Waals surface area (Å²) in [5.74, 6) is 2.05. The Labute approximate surface area is 191 Å². The Hall–Kier alpha value is -4.44. The number of carbonyl (C=O) groups is 1. The molecule has 7 heteroatoms. The van der Waals surface area contributed by atoms with E-state index in [2.05, 4.69) is 5.32 Å². The number of benzene rings is 3. The van der Waals surface area contributed by atoms with Crippen molar-refractivity contribution in [2.45, 2.75) is 6.61 Å². The predicted octanol–water partition coefficient (Wildman–Crippen LogP) is 4.59. The summed E-state index contributed by atoms with van der Waals surface area (Å²) in [6.07, 6.45) is 1.53. The average Bonchev–Trinajstić information content (AvgIpc) is 2.86. The van der Waals surface area contributed by atoms with Gasteiger partial charge in [-0.3, -0.25) is 4.79 Å². The van der Waals surface area contributed by atoms with Crippen molar-refractivity contribution < 1.29 is 23.7 Å². The number of nitrogens with zero attached hydrogens (tertiary/aromatic N) is 1. The summed E-state index contributed by atoms with van der Waals surface area (Å²) in [4.78, 5) is 12.7. The van der Waals surface area contributed by atoms with Gasteiger partial charge < -0.3 is 24.3 Å². The highest BCUT2D eigenvalue weighted by Crippen LogP contribution is 2.32. The predicted molar refractivity (Wildman–Crippen MR) is 123 cm³/mol. The van der Waals surface area contributed by atoms with Gasteiger partial charge >= 0.3 is 0 Å². The van der Waals surface area contributed by atoms with Gasteiger partial charge in [-0.05, 0) is 48.0 Å². The van der Waals surface area contributed by atoms with E-state index in [0.29, 0.717) is 41.7 Å². The fourth-order valence-electron chi connectivity index (χ4n) is 3.31. The number of carbonyl (C=O) groups excluding carboxylic acids is 1. The molecule has 1 N–H and O–H groups in total. The maximum Gasteiger partial charge on any atom is 0.266 e. The number of nitrogens with one attached hydrogen (secondary N) is 1. The van der Waals surface area contributed by atoms with E-state index in [-0.39, 0.29) is 12.2 Å². The Bertz CT molecular complexity index is 1220. The molecule has 0 fully saturated rings. The van der Waals surface area contributed by atoms with Crippen molar-refractivity contribution in [1.82, 2.24) is 0 Å². The molecule has 3 aromatic carbocycles. The number of amides is 1. The molecule has 1 amide bonds. The molecule has 0 radical (unpaired) electrons. The van der Waals surface area contributed by atoms with Crippen LogP contribution in [0.3, 0.4) is 0 Å². The van der Waals surface area contributed by atoms with Gasteiger partial charge in [-0.15, -0.1) is 0 Å². The van der Waals surface area contributed by atoms with Gasteiger partial charge in [-0.2, -0.15) is 5.26 Å². The average molecular weight is 442 g/mol. The molecule has 0 aliphatic carbocycles. The number of methoxy groups -OCH3 is 1. The Kier molecular flexibility index (Phi) is 6.76. The monoisotopic (exact) mass is 442 g/mol. The number of hydrogen-bond donors (Lipinski definition) is 1. The van der Waals surface area contributed by atoms with Crippen LogP contribution >= 0.6 is 0 Å². The lowest BCUT2D eigenvalue weighted by molar-refractivity contribution is -0.112. The van der Waals surface area contributed by atoms with Crippen LogP contribution in [-0.4, -0.2) is 26.2 Å². The Balaban J connectivity index is 1.51. The highest BCUT2D eigenvalue weighted by Gasteiger charge is 2.15. The number of rotatable bonds is 7. The fourth-order valence-corrected chi connectivity index (χ4v) is 3.31. The van der Waals surface area contributed by atoms with E-state index < -0.39 is 5.91 Å². The molecule has 0 spiro atoms. The first kappa shape index (κ1) is 21.8. The van der Waals surface area contributed by atoms with Gasteiger partial charge in [-0.25, -0.2) is 0 Å². The molecule has 0 unspecified atom stereocenters. The van der Waals surface area contributed by atoms with Crippen molar-refractivity contribution in [2.75, 3.05) is 25.6 Å². The van der Waals surface area contributed by atoms with Crippen LogP contribution in [0.15, 0.2) is 72.3 Å². The maximum absolute atomic E-state index is 12.7. The van der Waals surface area contributed by atoms with Crippen molar-refractivity contribution in [1.29, 1.82) is 5.26 Å². The van der Waals surface area contributed by atoms with E-state index in [1.807, 2.05) is 42.5 Å². The fraction of sp³-hybridized carbons (Fsp3) is 0.154. The highest BCUT2D eigenvalue weighted by atomic mass is 16.6. The number of fused-ring (bicyclic) bond motifs is 1. The van der Waals surface area contributed by atoms with E-state index in [4.69, 9.17) is 18.9 Å². The van der Waals surface area contributed by atoms with Crippen molar-refractivity contribution in [3.63, 3.8) is 0 Å². The second-order valence-corrected chi connectivity index (χ2v) is 7.16. The molecule has 166 valence electrons. The van der Waals surface area contributed by atoms with E-state index in [1.165, 1.54) is 6.08 Å². The molecule has 1 aliphatic heterocycles. The molecule has 7 nitrogen and oxygen atoms in total. The quantitative estimate of drug-likeness (QED) is 0.425. The van der Waals surface area contributed by atoms with Crippen LogP contribution < -0.4 is 24.3 Å². The zero-order valence-electron chi connectivity index (χ0n) is 18.0. The molecular weight excluding hydrogens is 420 g/mol. The molecule has 0 saturated heterocycles. The van der Waals surface area contributed by atoms with Crippen molar-refractivity contribution in [3.05, 3.63) is 83.4 Å². The van der Waals surface area contributed by atoms with Crippen molar-refractivity contribution >= 4 is 17.7 Å². The molecular formula is C26H22N2O5. The van der Waals surface area contributed by atoms with E-state index in [0.717, 1.165) is 11.3 Å². The minimum Gasteiger partial charge on any atom is -0.496 e. The van der Waals surface area contributed by atoms with Crippen LogP contribution in [-0.2, 0) is 11.4 Å². The lowest BCUT2D eigenvalue weighted by Gasteiger charge is -2.18. The zero-order chi connectivity index (χ0) is 23.0. The molecule has 1 aliphatic rings. The second-order valence-electron chi connectivity index (χ2n) is 7.16. The standard InChI is InChI=1S/C26H22N2O5/c1-30-23-9-7-18(14-20(23)17-33-22-5-3-2-4-6-22)13-19(16-27)26(29)28-21-8-10-24-25(15-21)32-12-11-31-24/h2-10,13-15H,11-12,17H2,1H3,(H,28,29)/b19-13+. The van der Waals surface area contributed by atoms with Crippen LogP contribution in [0, 0.1) is 11.3 Å². The number of anilines is 1. The largest absolute Gasteiger partial charge is 0.496 e. The first-order valence-corrected chi connectivity index (χ1v) is 10.3. The minimum absolute atomic E-state index is 0.0371. The van der Waals surface area contributed by atoms with Crippen LogP contribution in [0.25, 0.3) is 6.08 Å². The smallest absolute Gasteiger partial charge is 0.266 e. The SMILES string of the molecule is COc1ccc(/C=C(\C#N)C(=O)Nc2ccc3c(c2)OCCO3)cc1COc1ccccc1. The molecule has 3 aromatic rings. The molecule has 0 atom stereocenters. The van der Waals surface area contributed by atoms with Crippen LogP contribution in [0.4, 0.5) is 5.69 Å². The van der Waals surface area contributed by atoms with Crippen molar-refractivity contribution in [2.24, 2.45) is 0 Å². The molecule has 33 heavy (non-hydrogen) atoms. The summed E-state index contributed by atoms with van der Waals surface area (Å²) < 4.78 is 22.3. The molecule has 0 aromatic heterocycles.